The minimum absolute atomic E-state index is 0.0266. The zero-order chi connectivity index (χ0) is 21.8. The van der Waals surface area contributed by atoms with Crippen LogP contribution in [0.3, 0.4) is 0 Å². The van der Waals surface area contributed by atoms with Crippen LogP contribution in [0.2, 0.25) is 0 Å². The van der Waals surface area contributed by atoms with Crippen molar-refractivity contribution in [2.75, 3.05) is 38.7 Å². The van der Waals surface area contributed by atoms with Gasteiger partial charge in [-0.3, -0.25) is 4.90 Å². The predicted octanol–water partition coefficient (Wildman–Crippen LogP) is 3.50. The van der Waals surface area contributed by atoms with E-state index < -0.39 is 12.2 Å². The Balaban J connectivity index is 1.40. The molecule has 3 heterocycles. The van der Waals surface area contributed by atoms with E-state index in [9.17, 15) is 13.2 Å². The number of alkyl halides is 3. The van der Waals surface area contributed by atoms with Crippen LogP contribution in [-0.4, -0.2) is 65.3 Å². The quantitative estimate of drug-likeness (QED) is 0.667. The van der Waals surface area contributed by atoms with Crippen LogP contribution in [0, 0.1) is 5.92 Å². The highest BCUT2D eigenvalue weighted by Gasteiger charge is 2.48. The second-order valence-electron chi connectivity index (χ2n) is 8.20. The van der Waals surface area contributed by atoms with Gasteiger partial charge >= 0.3 is 6.18 Å². The van der Waals surface area contributed by atoms with Gasteiger partial charge in [0.25, 0.3) is 0 Å². The number of aromatic nitrogens is 3. The Labute approximate surface area is 179 Å². The maximum atomic E-state index is 13.6. The Morgan fingerprint density at radius 2 is 2.13 bits per heavy atom. The van der Waals surface area contributed by atoms with Crippen LogP contribution in [-0.2, 0) is 11.3 Å². The molecule has 3 atom stereocenters. The molecule has 1 N–H and O–H groups in total. The molecule has 1 saturated heterocycles. The van der Waals surface area contributed by atoms with Crippen LogP contribution in [0.25, 0.3) is 0 Å². The Bertz CT molecular complexity index is 860. The second-order valence-corrected chi connectivity index (χ2v) is 8.20. The lowest BCUT2D eigenvalue weighted by molar-refractivity contribution is -0.174. The third kappa shape index (κ3) is 5.30. The van der Waals surface area contributed by atoms with E-state index in [-0.39, 0.29) is 24.3 Å². The zero-order valence-electron chi connectivity index (χ0n) is 17.5. The third-order valence-corrected chi connectivity index (χ3v) is 6.01. The average Bonchev–Trinajstić information content (AvgIpc) is 3.22. The van der Waals surface area contributed by atoms with Crippen molar-refractivity contribution in [3.8, 4) is 5.75 Å². The first-order valence-corrected chi connectivity index (χ1v) is 10.6. The van der Waals surface area contributed by atoms with E-state index in [2.05, 4.69) is 20.3 Å². The first kappa shape index (κ1) is 21.9. The van der Waals surface area contributed by atoms with Crippen LogP contribution in [0.4, 0.5) is 19.1 Å². The maximum absolute atomic E-state index is 13.6. The molecule has 2 aliphatic heterocycles. The molecule has 1 aromatic carbocycles. The molecule has 0 bridgehead atoms. The molecule has 1 unspecified atom stereocenters. The molecule has 10 heteroatoms. The molecule has 0 aliphatic carbocycles. The summed E-state index contributed by atoms with van der Waals surface area (Å²) in [5, 5.41) is 6.98. The van der Waals surface area contributed by atoms with Crippen LogP contribution in [0.1, 0.15) is 30.9 Å². The Kier molecular flexibility index (Phi) is 6.66. The Morgan fingerprint density at radius 3 is 2.94 bits per heavy atom. The van der Waals surface area contributed by atoms with Crippen LogP contribution < -0.4 is 10.1 Å². The molecule has 1 fully saturated rings. The van der Waals surface area contributed by atoms with Crippen molar-refractivity contribution in [2.24, 2.45) is 5.92 Å². The number of anilines is 1. The van der Waals surface area contributed by atoms with E-state index >= 15 is 0 Å². The summed E-state index contributed by atoms with van der Waals surface area (Å²) in [7, 11) is 1.63. The van der Waals surface area contributed by atoms with E-state index in [1.165, 1.54) is 6.33 Å². The molecule has 0 saturated carbocycles. The highest BCUT2D eigenvalue weighted by Crippen LogP contribution is 2.41. The van der Waals surface area contributed by atoms with Crippen molar-refractivity contribution in [3.05, 3.63) is 36.2 Å². The molecule has 2 aromatic rings. The van der Waals surface area contributed by atoms with Gasteiger partial charge in [-0.05, 0) is 49.4 Å². The molecule has 0 amide bonds. The molecule has 2 aliphatic rings. The fourth-order valence-corrected chi connectivity index (χ4v) is 4.53. The summed E-state index contributed by atoms with van der Waals surface area (Å²) >= 11 is 0. The van der Waals surface area contributed by atoms with Gasteiger partial charge in [0, 0.05) is 26.2 Å². The minimum Gasteiger partial charge on any atom is -0.491 e. The molecular formula is C21H28F3N5O2. The van der Waals surface area contributed by atoms with E-state index in [1.54, 1.807) is 7.11 Å². The largest absolute Gasteiger partial charge is 0.491 e. The second kappa shape index (κ2) is 9.44. The first-order valence-electron chi connectivity index (χ1n) is 10.6. The van der Waals surface area contributed by atoms with Gasteiger partial charge in [-0.2, -0.15) is 23.3 Å². The Hall–Kier alpha value is -2.33. The number of likely N-dealkylation sites (tertiary alicyclic amines) is 1. The van der Waals surface area contributed by atoms with Gasteiger partial charge in [0.05, 0.1) is 6.61 Å². The summed E-state index contributed by atoms with van der Waals surface area (Å²) in [5.41, 5.74) is 1.13. The molecule has 7 nitrogen and oxygen atoms in total. The number of ether oxygens (including phenoxy) is 2. The minimum atomic E-state index is -4.35. The molecule has 0 radical (unpaired) electrons. The van der Waals surface area contributed by atoms with Gasteiger partial charge in [-0.25, -0.2) is 4.68 Å². The number of hydrogen-bond donors (Lipinski definition) is 1. The number of hydrogen-bond acceptors (Lipinski definition) is 6. The summed E-state index contributed by atoms with van der Waals surface area (Å²) in [5.74, 6) is 1.12. The predicted molar refractivity (Wildman–Crippen MR) is 109 cm³/mol. The van der Waals surface area contributed by atoms with Gasteiger partial charge in [-0.1, -0.05) is 12.1 Å². The van der Waals surface area contributed by atoms with Crippen molar-refractivity contribution in [1.29, 1.82) is 0 Å². The van der Waals surface area contributed by atoms with Gasteiger partial charge in [0.1, 0.15) is 18.7 Å². The SMILES string of the molecule is COCCOc1cccc(CN2CCCC([C@@H]3C[C@H](C(F)(F)F)n4ncnc4N3)C2)c1. The van der Waals surface area contributed by atoms with Gasteiger partial charge in [0.2, 0.25) is 5.95 Å². The molecule has 1 aromatic heterocycles. The van der Waals surface area contributed by atoms with E-state index in [0.717, 1.165) is 48.5 Å². The monoisotopic (exact) mass is 439 g/mol. The smallest absolute Gasteiger partial charge is 0.411 e. The number of benzene rings is 1. The molecule has 31 heavy (non-hydrogen) atoms. The number of piperidine rings is 1. The average molecular weight is 439 g/mol. The lowest BCUT2D eigenvalue weighted by Gasteiger charge is -2.41. The van der Waals surface area contributed by atoms with E-state index in [1.807, 2.05) is 24.3 Å². The van der Waals surface area contributed by atoms with Crippen molar-refractivity contribution in [3.63, 3.8) is 0 Å². The summed E-state index contributed by atoms with van der Waals surface area (Å²) in [6.07, 6.45) is -1.34. The lowest BCUT2D eigenvalue weighted by Crippen LogP contribution is -2.47. The van der Waals surface area contributed by atoms with Crippen molar-refractivity contribution < 1.29 is 22.6 Å². The highest BCUT2D eigenvalue weighted by atomic mass is 19.4. The number of fused-ring (bicyclic) bond motifs is 1. The van der Waals surface area contributed by atoms with E-state index in [0.29, 0.717) is 13.2 Å². The highest BCUT2D eigenvalue weighted by molar-refractivity contribution is 5.30. The number of rotatable bonds is 7. The maximum Gasteiger partial charge on any atom is 0.411 e. The topological polar surface area (TPSA) is 64.4 Å². The molecule has 0 spiro atoms. The van der Waals surface area contributed by atoms with Crippen molar-refractivity contribution >= 4 is 5.95 Å². The Morgan fingerprint density at radius 1 is 1.26 bits per heavy atom. The number of halogens is 3. The van der Waals surface area contributed by atoms with Crippen LogP contribution >= 0.6 is 0 Å². The molecule has 170 valence electrons. The van der Waals surface area contributed by atoms with Crippen molar-refractivity contribution in [2.45, 2.75) is 44.1 Å². The number of nitrogens with one attached hydrogen (secondary N) is 1. The number of nitrogens with zero attached hydrogens (tertiary/aromatic N) is 4. The van der Waals surface area contributed by atoms with Gasteiger partial charge in [0.15, 0.2) is 6.04 Å². The van der Waals surface area contributed by atoms with Gasteiger partial charge in [-0.15, -0.1) is 0 Å². The summed E-state index contributed by atoms with van der Waals surface area (Å²) in [4.78, 5) is 6.31. The molecule has 4 rings (SSSR count). The van der Waals surface area contributed by atoms with Crippen LogP contribution in [0.15, 0.2) is 30.6 Å². The number of methoxy groups -OCH3 is 1. The summed E-state index contributed by atoms with van der Waals surface area (Å²) in [6.45, 7) is 3.43. The lowest BCUT2D eigenvalue weighted by atomic mass is 9.86. The third-order valence-electron chi connectivity index (χ3n) is 6.01. The van der Waals surface area contributed by atoms with Gasteiger partial charge < -0.3 is 14.8 Å². The first-order chi connectivity index (χ1) is 14.9. The summed E-state index contributed by atoms with van der Waals surface area (Å²) in [6, 6.07) is 6.02. The standard InChI is InChI=1S/C21H28F3N5O2/c1-30-8-9-31-17-6-2-4-15(10-17)12-28-7-3-5-16(13-28)18-11-19(21(22,23)24)29-20(27-18)25-14-26-29/h2,4,6,10,14,16,18-19H,3,5,7-9,11-13H2,1H3,(H,25,26,27)/t16?,18-,19+/m0/s1. The van der Waals surface area contributed by atoms with E-state index in [4.69, 9.17) is 9.47 Å². The summed E-state index contributed by atoms with van der Waals surface area (Å²) < 4.78 is 52.5. The fourth-order valence-electron chi connectivity index (χ4n) is 4.53. The van der Waals surface area contributed by atoms with Crippen molar-refractivity contribution in [1.82, 2.24) is 19.7 Å². The fraction of sp³-hybridized carbons (Fsp3) is 0.619. The van der Waals surface area contributed by atoms with Crippen LogP contribution in [0.5, 0.6) is 5.75 Å². The normalized spacial score (nSPS) is 24.5. The molecular weight excluding hydrogens is 411 g/mol. The zero-order valence-corrected chi connectivity index (χ0v) is 17.5.